The van der Waals surface area contributed by atoms with Crippen molar-refractivity contribution in [1.82, 2.24) is 5.32 Å². The Kier molecular flexibility index (Phi) is 3.77. The predicted molar refractivity (Wildman–Crippen MR) is 87.9 cm³/mol. The smallest absolute Gasteiger partial charge is 0.123 e. The molecule has 2 heterocycles. The van der Waals surface area contributed by atoms with E-state index in [0.29, 0.717) is 6.04 Å². The monoisotopic (exact) mass is 314 g/mol. The van der Waals surface area contributed by atoms with Gasteiger partial charge in [0.1, 0.15) is 11.6 Å². The van der Waals surface area contributed by atoms with Crippen LogP contribution in [-0.4, -0.2) is 25.7 Å². The van der Waals surface area contributed by atoms with E-state index in [1.807, 2.05) is 18.2 Å². The maximum absolute atomic E-state index is 13.8. The first-order valence-electron chi connectivity index (χ1n) is 8.24. The molecule has 1 N–H and O–H groups in total. The molecule has 0 saturated carbocycles. The lowest BCUT2D eigenvalue weighted by molar-refractivity contribution is 0.433. The van der Waals surface area contributed by atoms with Gasteiger partial charge in [0, 0.05) is 24.2 Å². The van der Waals surface area contributed by atoms with E-state index in [4.69, 9.17) is 0 Å². The minimum Gasteiger partial charge on any atom is -0.367 e. The lowest BCUT2D eigenvalue weighted by Crippen LogP contribution is -2.42. The van der Waals surface area contributed by atoms with E-state index in [0.717, 1.165) is 49.3 Å². The molecule has 0 aromatic heterocycles. The van der Waals surface area contributed by atoms with Crippen LogP contribution < -0.4 is 10.2 Å². The van der Waals surface area contributed by atoms with Crippen molar-refractivity contribution in [3.05, 3.63) is 65.2 Å². The van der Waals surface area contributed by atoms with Crippen LogP contribution in [0, 0.1) is 11.6 Å². The van der Waals surface area contributed by atoms with Crippen LogP contribution in [0.3, 0.4) is 0 Å². The fourth-order valence-corrected chi connectivity index (χ4v) is 3.90. The zero-order valence-corrected chi connectivity index (χ0v) is 12.9. The minimum atomic E-state index is -0.235. The molecule has 1 saturated heterocycles. The number of nitrogens with zero attached hydrogens (tertiary/aromatic N) is 1. The van der Waals surface area contributed by atoms with E-state index >= 15 is 0 Å². The summed E-state index contributed by atoms with van der Waals surface area (Å²) in [4.78, 5) is 2.42. The van der Waals surface area contributed by atoms with Gasteiger partial charge in [0.25, 0.3) is 0 Å². The van der Waals surface area contributed by atoms with Gasteiger partial charge in [-0.15, -0.1) is 0 Å². The molecule has 4 heteroatoms. The maximum atomic E-state index is 13.8. The number of nitrogens with one attached hydrogen (secondary N) is 1. The van der Waals surface area contributed by atoms with E-state index in [1.54, 1.807) is 12.1 Å². The first kappa shape index (κ1) is 14.6. The fourth-order valence-electron chi connectivity index (χ4n) is 3.90. The van der Waals surface area contributed by atoms with E-state index in [1.165, 1.54) is 12.1 Å². The number of fused-ring (bicyclic) bond motifs is 1. The Morgan fingerprint density at radius 3 is 2.35 bits per heavy atom. The number of benzene rings is 2. The highest BCUT2D eigenvalue weighted by Gasteiger charge is 2.34. The van der Waals surface area contributed by atoms with Gasteiger partial charge in [0.2, 0.25) is 0 Å². The standard InChI is InChI=1S/C19H20F2N2/c20-14-3-1-13(2-4-14)18-12-23(16-7-9-22-10-8-16)19-6-5-15(21)11-17(18)19/h1-6,11,16,18,22H,7-10,12H2. The molecule has 1 fully saturated rings. The van der Waals surface area contributed by atoms with Crippen LogP contribution in [0.1, 0.15) is 29.9 Å². The topological polar surface area (TPSA) is 15.3 Å². The zero-order chi connectivity index (χ0) is 15.8. The zero-order valence-electron chi connectivity index (χ0n) is 12.9. The molecule has 2 nitrogen and oxygen atoms in total. The first-order valence-corrected chi connectivity index (χ1v) is 8.24. The Bertz CT molecular complexity index is 693. The summed E-state index contributed by atoms with van der Waals surface area (Å²) in [6.45, 7) is 2.90. The van der Waals surface area contributed by atoms with Crippen molar-refractivity contribution in [2.24, 2.45) is 0 Å². The first-order chi connectivity index (χ1) is 11.2. The van der Waals surface area contributed by atoms with E-state index < -0.39 is 0 Å². The van der Waals surface area contributed by atoms with Crippen molar-refractivity contribution >= 4 is 5.69 Å². The van der Waals surface area contributed by atoms with Gasteiger partial charge >= 0.3 is 0 Å². The van der Waals surface area contributed by atoms with Crippen LogP contribution in [0.4, 0.5) is 14.5 Å². The normalized spacial score (nSPS) is 21.5. The molecule has 2 aromatic rings. The number of hydrogen-bond donors (Lipinski definition) is 1. The average Bonchev–Trinajstić information content (AvgIpc) is 2.95. The molecule has 2 aromatic carbocycles. The number of piperidine rings is 1. The Balaban J connectivity index is 1.72. The molecular formula is C19H20F2N2. The summed E-state index contributed by atoms with van der Waals surface area (Å²) in [6, 6.07) is 12.2. The summed E-state index contributed by atoms with van der Waals surface area (Å²) in [5.41, 5.74) is 3.21. The van der Waals surface area contributed by atoms with Crippen molar-refractivity contribution in [3.8, 4) is 0 Å². The molecule has 4 rings (SSSR count). The molecule has 0 spiro atoms. The largest absolute Gasteiger partial charge is 0.367 e. The number of rotatable bonds is 2. The number of anilines is 1. The van der Waals surface area contributed by atoms with Crippen LogP contribution in [0.5, 0.6) is 0 Å². The number of halogens is 2. The van der Waals surface area contributed by atoms with Gasteiger partial charge < -0.3 is 10.2 Å². The van der Waals surface area contributed by atoms with Crippen LogP contribution in [0.25, 0.3) is 0 Å². The van der Waals surface area contributed by atoms with Crippen LogP contribution in [0.2, 0.25) is 0 Å². The summed E-state index contributed by atoms with van der Waals surface area (Å²) >= 11 is 0. The Morgan fingerprint density at radius 1 is 0.913 bits per heavy atom. The highest BCUT2D eigenvalue weighted by atomic mass is 19.1. The summed E-state index contributed by atoms with van der Waals surface area (Å²) in [7, 11) is 0. The summed E-state index contributed by atoms with van der Waals surface area (Å²) in [6.07, 6.45) is 2.21. The highest BCUT2D eigenvalue weighted by molar-refractivity contribution is 5.63. The number of hydrogen-bond acceptors (Lipinski definition) is 2. The van der Waals surface area contributed by atoms with Gasteiger partial charge in [0.05, 0.1) is 0 Å². The van der Waals surface area contributed by atoms with Crippen LogP contribution in [0.15, 0.2) is 42.5 Å². The van der Waals surface area contributed by atoms with Crippen molar-refractivity contribution in [2.45, 2.75) is 24.8 Å². The van der Waals surface area contributed by atoms with E-state index in [9.17, 15) is 8.78 Å². The maximum Gasteiger partial charge on any atom is 0.123 e. The lowest BCUT2D eigenvalue weighted by atomic mass is 9.93. The highest BCUT2D eigenvalue weighted by Crippen LogP contribution is 2.42. The second kappa shape index (κ2) is 5.93. The molecule has 2 aliphatic heterocycles. The molecule has 23 heavy (non-hydrogen) atoms. The molecule has 0 aliphatic carbocycles. The SMILES string of the molecule is Fc1ccc(C2CN(C3CCNCC3)c3ccc(F)cc32)cc1. The van der Waals surface area contributed by atoms with Gasteiger partial charge in [-0.3, -0.25) is 0 Å². The quantitative estimate of drug-likeness (QED) is 0.910. The van der Waals surface area contributed by atoms with Gasteiger partial charge in [-0.1, -0.05) is 12.1 Å². The second-order valence-electron chi connectivity index (χ2n) is 6.44. The van der Waals surface area contributed by atoms with Crippen LogP contribution >= 0.6 is 0 Å². The molecule has 120 valence electrons. The Morgan fingerprint density at radius 2 is 1.61 bits per heavy atom. The molecule has 0 radical (unpaired) electrons. The van der Waals surface area contributed by atoms with Crippen molar-refractivity contribution in [3.63, 3.8) is 0 Å². The molecule has 0 amide bonds. The molecule has 2 aliphatic rings. The Hall–Kier alpha value is -1.94. The molecule has 1 atom stereocenters. The molecule has 0 bridgehead atoms. The summed E-state index contributed by atoms with van der Waals surface area (Å²) in [5, 5.41) is 3.39. The minimum absolute atomic E-state index is 0.108. The lowest BCUT2D eigenvalue weighted by Gasteiger charge is -2.34. The third kappa shape index (κ3) is 2.72. The van der Waals surface area contributed by atoms with Gasteiger partial charge in [-0.25, -0.2) is 8.78 Å². The Labute approximate surface area is 135 Å². The average molecular weight is 314 g/mol. The third-order valence-corrected chi connectivity index (χ3v) is 5.08. The van der Waals surface area contributed by atoms with Gasteiger partial charge in [-0.05, 0) is 67.4 Å². The van der Waals surface area contributed by atoms with Crippen LogP contribution in [-0.2, 0) is 0 Å². The molecular weight excluding hydrogens is 294 g/mol. The predicted octanol–water partition coefficient (Wildman–Crippen LogP) is 3.67. The third-order valence-electron chi connectivity index (χ3n) is 5.08. The summed E-state index contributed by atoms with van der Waals surface area (Å²) < 4.78 is 27.0. The van der Waals surface area contributed by atoms with E-state index in [-0.39, 0.29) is 17.6 Å². The molecule has 1 unspecified atom stereocenters. The van der Waals surface area contributed by atoms with Gasteiger partial charge in [-0.2, -0.15) is 0 Å². The van der Waals surface area contributed by atoms with Crippen molar-refractivity contribution in [2.75, 3.05) is 24.5 Å². The van der Waals surface area contributed by atoms with Crippen molar-refractivity contribution in [1.29, 1.82) is 0 Å². The van der Waals surface area contributed by atoms with Gasteiger partial charge in [0.15, 0.2) is 0 Å². The fraction of sp³-hybridized carbons (Fsp3) is 0.368. The second-order valence-corrected chi connectivity index (χ2v) is 6.44. The van der Waals surface area contributed by atoms with E-state index in [2.05, 4.69) is 10.2 Å². The summed E-state index contributed by atoms with van der Waals surface area (Å²) in [5.74, 6) is -0.333. The van der Waals surface area contributed by atoms with Crippen molar-refractivity contribution < 1.29 is 8.78 Å².